The third-order valence-corrected chi connectivity index (χ3v) is 3.16. The van der Waals surface area contributed by atoms with E-state index in [1.54, 1.807) is 7.11 Å². The van der Waals surface area contributed by atoms with Crippen molar-refractivity contribution in [3.8, 4) is 5.75 Å². The highest BCUT2D eigenvalue weighted by molar-refractivity contribution is 9.10. The van der Waals surface area contributed by atoms with Crippen LogP contribution in [-0.4, -0.2) is 7.11 Å². The highest BCUT2D eigenvalue weighted by Gasteiger charge is 1.92. The van der Waals surface area contributed by atoms with Gasteiger partial charge in [-0.3, -0.25) is 0 Å². The summed E-state index contributed by atoms with van der Waals surface area (Å²) in [6, 6.07) is 16.4. The molecule has 0 aromatic heterocycles. The van der Waals surface area contributed by atoms with Gasteiger partial charge in [-0.2, -0.15) is 0 Å². The van der Waals surface area contributed by atoms with E-state index in [1.807, 2.05) is 24.3 Å². The number of hydrogen-bond donors (Lipinski definition) is 0. The summed E-state index contributed by atoms with van der Waals surface area (Å²) in [5, 5.41) is 0. The molecule has 0 saturated carbocycles. The highest BCUT2D eigenvalue weighted by atomic mass is 79.9. The second-order valence-electron chi connectivity index (χ2n) is 4.01. The molecule has 2 heteroatoms. The van der Waals surface area contributed by atoms with Gasteiger partial charge in [0.1, 0.15) is 5.75 Å². The molecule has 0 unspecified atom stereocenters. The molecule has 18 heavy (non-hydrogen) atoms. The van der Waals surface area contributed by atoms with Crippen molar-refractivity contribution >= 4 is 22.0 Å². The van der Waals surface area contributed by atoms with Gasteiger partial charge in [-0.25, -0.2) is 0 Å². The van der Waals surface area contributed by atoms with Crippen LogP contribution < -0.4 is 4.74 Å². The van der Waals surface area contributed by atoms with Gasteiger partial charge in [-0.1, -0.05) is 52.3 Å². The first-order valence-electron chi connectivity index (χ1n) is 5.83. The number of methoxy groups -OCH3 is 1. The number of halogens is 1. The molecule has 0 atom stereocenters. The van der Waals surface area contributed by atoms with E-state index in [4.69, 9.17) is 4.74 Å². The van der Waals surface area contributed by atoms with Crippen LogP contribution in [0.1, 0.15) is 11.1 Å². The number of benzene rings is 2. The third kappa shape index (κ3) is 3.74. The average Bonchev–Trinajstić information content (AvgIpc) is 2.40. The van der Waals surface area contributed by atoms with E-state index in [9.17, 15) is 0 Å². The molecular formula is C16H15BrO. The summed E-state index contributed by atoms with van der Waals surface area (Å²) in [7, 11) is 1.68. The predicted molar refractivity (Wildman–Crippen MR) is 79.9 cm³/mol. The van der Waals surface area contributed by atoms with Crippen LogP contribution in [0.2, 0.25) is 0 Å². The summed E-state index contributed by atoms with van der Waals surface area (Å²) in [5.41, 5.74) is 2.49. The van der Waals surface area contributed by atoms with E-state index in [1.165, 1.54) is 11.1 Å². The van der Waals surface area contributed by atoms with Crippen LogP contribution in [0.3, 0.4) is 0 Å². The maximum atomic E-state index is 5.13. The van der Waals surface area contributed by atoms with Crippen molar-refractivity contribution in [2.75, 3.05) is 7.11 Å². The number of rotatable bonds is 4. The molecule has 0 amide bonds. The largest absolute Gasteiger partial charge is 0.497 e. The monoisotopic (exact) mass is 302 g/mol. The summed E-state index contributed by atoms with van der Waals surface area (Å²) in [6.45, 7) is 0. The van der Waals surface area contributed by atoms with Gasteiger partial charge in [0.2, 0.25) is 0 Å². The molecule has 0 aliphatic carbocycles. The van der Waals surface area contributed by atoms with Gasteiger partial charge < -0.3 is 4.74 Å². The summed E-state index contributed by atoms with van der Waals surface area (Å²) in [5.74, 6) is 0.898. The minimum absolute atomic E-state index is 0.898. The first kappa shape index (κ1) is 12.9. The van der Waals surface area contributed by atoms with Crippen molar-refractivity contribution in [1.29, 1.82) is 0 Å². The maximum Gasteiger partial charge on any atom is 0.118 e. The quantitative estimate of drug-likeness (QED) is 0.794. The minimum atomic E-state index is 0.898. The maximum absolute atomic E-state index is 5.13. The van der Waals surface area contributed by atoms with Gasteiger partial charge in [0, 0.05) is 4.47 Å². The summed E-state index contributed by atoms with van der Waals surface area (Å²) in [6.07, 6.45) is 5.23. The van der Waals surface area contributed by atoms with Crippen LogP contribution in [0.25, 0.3) is 6.08 Å². The van der Waals surface area contributed by atoms with Gasteiger partial charge in [0.25, 0.3) is 0 Å². The van der Waals surface area contributed by atoms with Crippen molar-refractivity contribution < 1.29 is 4.74 Å². The molecule has 0 aliphatic heterocycles. The molecular weight excluding hydrogens is 288 g/mol. The Kier molecular flexibility index (Phi) is 4.59. The first-order valence-corrected chi connectivity index (χ1v) is 6.62. The number of allylic oxidation sites excluding steroid dienone is 1. The summed E-state index contributed by atoms with van der Waals surface area (Å²) in [4.78, 5) is 0. The fourth-order valence-corrected chi connectivity index (χ4v) is 2.12. The lowest BCUT2D eigenvalue weighted by atomic mass is 10.1. The van der Waals surface area contributed by atoms with E-state index in [0.29, 0.717) is 0 Å². The molecule has 0 N–H and O–H groups in total. The lowest BCUT2D eigenvalue weighted by Crippen LogP contribution is -1.84. The summed E-state index contributed by atoms with van der Waals surface area (Å²) >= 11 is 3.47. The van der Waals surface area contributed by atoms with E-state index < -0.39 is 0 Å². The normalized spacial score (nSPS) is 10.8. The van der Waals surface area contributed by atoms with E-state index in [-0.39, 0.29) is 0 Å². The lowest BCUT2D eigenvalue weighted by molar-refractivity contribution is 0.414. The molecule has 0 bridgehead atoms. The molecule has 0 spiro atoms. The average molecular weight is 303 g/mol. The smallest absolute Gasteiger partial charge is 0.118 e. The lowest BCUT2D eigenvalue weighted by Gasteiger charge is -2.00. The second kappa shape index (κ2) is 6.41. The Morgan fingerprint density at radius 3 is 2.56 bits per heavy atom. The Bertz CT molecular complexity index is 529. The minimum Gasteiger partial charge on any atom is -0.497 e. The Morgan fingerprint density at radius 2 is 1.89 bits per heavy atom. The molecule has 2 aromatic carbocycles. The molecule has 2 rings (SSSR count). The Hall–Kier alpha value is -1.54. The van der Waals surface area contributed by atoms with Crippen molar-refractivity contribution in [3.05, 3.63) is 70.2 Å². The molecule has 0 aliphatic rings. The molecule has 1 nitrogen and oxygen atoms in total. The van der Waals surface area contributed by atoms with Crippen LogP contribution in [0.4, 0.5) is 0 Å². The van der Waals surface area contributed by atoms with Crippen molar-refractivity contribution in [2.45, 2.75) is 6.42 Å². The zero-order valence-electron chi connectivity index (χ0n) is 10.3. The Balaban J connectivity index is 1.98. The van der Waals surface area contributed by atoms with E-state index in [0.717, 1.165) is 16.6 Å². The van der Waals surface area contributed by atoms with Gasteiger partial charge in [-0.05, 0) is 41.8 Å². The van der Waals surface area contributed by atoms with Crippen LogP contribution in [-0.2, 0) is 6.42 Å². The number of hydrogen-bond acceptors (Lipinski definition) is 1. The van der Waals surface area contributed by atoms with Crippen molar-refractivity contribution in [3.63, 3.8) is 0 Å². The van der Waals surface area contributed by atoms with Crippen LogP contribution in [0.5, 0.6) is 5.75 Å². The second-order valence-corrected chi connectivity index (χ2v) is 4.93. The van der Waals surface area contributed by atoms with Gasteiger partial charge in [0.15, 0.2) is 0 Å². The SMILES string of the molecule is COc1ccc(C/C=C/c2cccc(Br)c2)cc1. The van der Waals surface area contributed by atoms with E-state index >= 15 is 0 Å². The molecule has 0 fully saturated rings. The Morgan fingerprint density at radius 1 is 1.11 bits per heavy atom. The third-order valence-electron chi connectivity index (χ3n) is 2.67. The molecule has 92 valence electrons. The number of ether oxygens (including phenoxy) is 1. The standard InChI is InChI=1S/C16H15BrO/c1-18-16-10-8-13(9-11-16)4-2-5-14-6-3-7-15(17)12-14/h2-3,5-12H,4H2,1H3/b5-2+. The van der Waals surface area contributed by atoms with Gasteiger partial charge in [-0.15, -0.1) is 0 Å². The zero-order chi connectivity index (χ0) is 12.8. The molecule has 0 saturated heterocycles. The van der Waals surface area contributed by atoms with Gasteiger partial charge in [0.05, 0.1) is 7.11 Å². The summed E-state index contributed by atoms with van der Waals surface area (Å²) < 4.78 is 6.24. The van der Waals surface area contributed by atoms with Crippen LogP contribution >= 0.6 is 15.9 Å². The predicted octanol–water partition coefficient (Wildman–Crippen LogP) is 4.71. The molecule has 0 heterocycles. The van der Waals surface area contributed by atoms with Crippen LogP contribution in [0, 0.1) is 0 Å². The fourth-order valence-electron chi connectivity index (χ4n) is 1.70. The zero-order valence-corrected chi connectivity index (χ0v) is 11.9. The van der Waals surface area contributed by atoms with Gasteiger partial charge >= 0.3 is 0 Å². The van der Waals surface area contributed by atoms with Crippen LogP contribution in [0.15, 0.2) is 59.1 Å². The first-order chi connectivity index (χ1) is 8.78. The molecule has 0 radical (unpaired) electrons. The Labute approximate surface area is 116 Å². The molecule has 2 aromatic rings. The van der Waals surface area contributed by atoms with Crippen molar-refractivity contribution in [1.82, 2.24) is 0 Å². The topological polar surface area (TPSA) is 9.23 Å². The van der Waals surface area contributed by atoms with Crippen molar-refractivity contribution in [2.24, 2.45) is 0 Å². The highest BCUT2D eigenvalue weighted by Crippen LogP contribution is 2.14. The van der Waals surface area contributed by atoms with E-state index in [2.05, 4.69) is 52.3 Å². The fraction of sp³-hybridized carbons (Fsp3) is 0.125.